The third-order valence-electron chi connectivity index (χ3n) is 7.26. The summed E-state index contributed by atoms with van der Waals surface area (Å²) in [6, 6.07) is 7.80. The van der Waals surface area contributed by atoms with E-state index in [0.29, 0.717) is 29.2 Å². The Morgan fingerprint density at radius 3 is 1.94 bits per heavy atom. The van der Waals surface area contributed by atoms with E-state index < -0.39 is 16.1 Å². The van der Waals surface area contributed by atoms with Gasteiger partial charge in [-0.1, -0.05) is 6.07 Å². The number of hydrogen-bond acceptors (Lipinski definition) is 6. The number of carbonyl (C=O) groups is 3. The minimum absolute atomic E-state index is 0.0509. The average Bonchev–Trinajstić information content (AvgIpc) is 3.11. The molecule has 2 aliphatic heterocycles. The summed E-state index contributed by atoms with van der Waals surface area (Å²) in [4.78, 5) is 40.8. The van der Waals surface area contributed by atoms with Gasteiger partial charge in [-0.2, -0.15) is 4.31 Å². The summed E-state index contributed by atoms with van der Waals surface area (Å²) in [6.07, 6.45) is 0.0509. The van der Waals surface area contributed by atoms with Crippen LogP contribution in [0.4, 0.5) is 5.69 Å². The lowest BCUT2D eigenvalue weighted by molar-refractivity contribution is -0.123. The van der Waals surface area contributed by atoms with Crippen molar-refractivity contribution in [1.29, 1.82) is 0 Å². The molecule has 2 aromatic rings. The first-order valence-electron chi connectivity index (χ1n) is 11.7. The van der Waals surface area contributed by atoms with Crippen LogP contribution < -0.4 is 4.90 Å². The molecule has 0 spiro atoms. The fourth-order valence-corrected chi connectivity index (χ4v) is 6.97. The van der Waals surface area contributed by atoms with E-state index in [9.17, 15) is 22.8 Å². The van der Waals surface area contributed by atoms with Crippen molar-refractivity contribution in [3.05, 3.63) is 58.1 Å². The van der Waals surface area contributed by atoms with Crippen LogP contribution in [0, 0.1) is 27.7 Å². The number of hydrogen-bond donors (Lipinski definition) is 0. The van der Waals surface area contributed by atoms with Crippen LogP contribution in [0.1, 0.15) is 46.0 Å². The third kappa shape index (κ3) is 4.44. The number of ketones is 1. The van der Waals surface area contributed by atoms with Crippen molar-refractivity contribution in [1.82, 2.24) is 9.21 Å². The number of carbonyl (C=O) groups excluding carboxylic acids is 3. The Hall–Kier alpha value is -2.88. The molecule has 35 heavy (non-hydrogen) atoms. The van der Waals surface area contributed by atoms with Crippen LogP contribution in [-0.2, 0) is 19.6 Å². The molecule has 9 heteroatoms. The number of sulfonamides is 1. The number of Topliss-reactive ketones (excluding diaryl/α,β-unsaturated/α-hetero) is 1. The third-order valence-corrected chi connectivity index (χ3v) is 9.44. The molecule has 0 N–H and O–H groups in total. The van der Waals surface area contributed by atoms with Crippen molar-refractivity contribution in [2.75, 3.05) is 31.1 Å². The lowest BCUT2D eigenvalue weighted by Crippen LogP contribution is -2.53. The van der Waals surface area contributed by atoms with Crippen molar-refractivity contribution in [3.63, 3.8) is 0 Å². The Kier molecular flexibility index (Phi) is 6.70. The van der Waals surface area contributed by atoms with Crippen LogP contribution in [-0.4, -0.2) is 67.4 Å². The number of rotatable bonds is 5. The highest BCUT2D eigenvalue weighted by Crippen LogP contribution is 2.31. The highest BCUT2D eigenvalue weighted by molar-refractivity contribution is 7.89. The molecule has 0 unspecified atom stereocenters. The smallest absolute Gasteiger partial charge is 0.251 e. The van der Waals surface area contributed by atoms with Gasteiger partial charge in [-0.15, -0.1) is 0 Å². The van der Waals surface area contributed by atoms with Crippen molar-refractivity contribution in [2.24, 2.45) is 0 Å². The molecule has 4 rings (SSSR count). The Bertz CT molecular complexity index is 1280. The minimum atomic E-state index is -3.69. The predicted molar refractivity (Wildman–Crippen MR) is 133 cm³/mol. The van der Waals surface area contributed by atoms with Gasteiger partial charge in [0, 0.05) is 31.7 Å². The van der Waals surface area contributed by atoms with E-state index in [1.165, 1.54) is 16.1 Å². The molecule has 2 amide bonds. The Labute approximate surface area is 206 Å². The number of piperazine rings is 1. The monoisotopic (exact) mass is 497 g/mol. The number of aryl methyl sites for hydroxylation is 2. The fraction of sp³-hybridized carbons (Fsp3) is 0.423. The van der Waals surface area contributed by atoms with Gasteiger partial charge in [-0.25, -0.2) is 13.3 Å². The van der Waals surface area contributed by atoms with Gasteiger partial charge >= 0.3 is 0 Å². The van der Waals surface area contributed by atoms with Crippen molar-refractivity contribution in [3.8, 4) is 0 Å². The quantitative estimate of drug-likeness (QED) is 0.466. The van der Waals surface area contributed by atoms with Gasteiger partial charge in [0.05, 0.1) is 23.0 Å². The standard InChI is InChI=1S/C26H31N3O5S/c1-16-14-17(2)19(4)25(18(16)3)35(33,34)28-12-10-27(11-13-28)23-15-24(31)29(26(23)32)22-8-6-21(7-9-22)20(5)30/h6-9,14,23H,10-13,15H2,1-5H3/t23-/m0/s1. The maximum Gasteiger partial charge on any atom is 0.251 e. The zero-order valence-electron chi connectivity index (χ0n) is 20.8. The van der Waals surface area contributed by atoms with Crippen molar-refractivity contribution < 1.29 is 22.8 Å². The van der Waals surface area contributed by atoms with Gasteiger partial charge < -0.3 is 0 Å². The van der Waals surface area contributed by atoms with E-state index in [-0.39, 0.29) is 37.1 Å². The van der Waals surface area contributed by atoms with E-state index in [1.807, 2.05) is 38.7 Å². The molecule has 2 aliphatic rings. The first-order chi connectivity index (χ1) is 16.4. The molecule has 1 atom stereocenters. The summed E-state index contributed by atoms with van der Waals surface area (Å²) < 4.78 is 28.6. The van der Waals surface area contributed by atoms with Crippen LogP contribution in [0.2, 0.25) is 0 Å². The van der Waals surface area contributed by atoms with Gasteiger partial charge in [0.1, 0.15) is 0 Å². The molecule has 8 nitrogen and oxygen atoms in total. The zero-order valence-corrected chi connectivity index (χ0v) is 21.6. The molecule has 0 aromatic heterocycles. The van der Waals surface area contributed by atoms with E-state index in [0.717, 1.165) is 22.3 Å². The Morgan fingerprint density at radius 1 is 0.886 bits per heavy atom. The summed E-state index contributed by atoms with van der Waals surface area (Å²) >= 11 is 0. The highest BCUT2D eigenvalue weighted by Gasteiger charge is 2.44. The highest BCUT2D eigenvalue weighted by atomic mass is 32.2. The van der Waals surface area contributed by atoms with Crippen LogP contribution >= 0.6 is 0 Å². The normalized spacial score (nSPS) is 20.0. The molecule has 0 bridgehead atoms. The van der Waals surface area contributed by atoms with E-state index in [1.54, 1.807) is 24.3 Å². The van der Waals surface area contributed by atoms with E-state index in [2.05, 4.69) is 0 Å². The number of nitrogens with zero attached hydrogens (tertiary/aromatic N) is 3. The average molecular weight is 498 g/mol. The summed E-state index contributed by atoms with van der Waals surface area (Å²) in [7, 11) is -3.69. The lowest BCUT2D eigenvalue weighted by Gasteiger charge is -2.36. The Balaban J connectivity index is 1.49. The van der Waals surface area contributed by atoms with E-state index >= 15 is 0 Å². The number of amides is 2. The molecule has 2 saturated heterocycles. The maximum atomic E-state index is 13.5. The summed E-state index contributed by atoms with van der Waals surface area (Å²) in [5.74, 6) is -0.706. The summed E-state index contributed by atoms with van der Waals surface area (Å²) in [5, 5.41) is 0. The molecule has 0 saturated carbocycles. The molecule has 0 radical (unpaired) electrons. The molecular formula is C26H31N3O5S. The van der Waals surface area contributed by atoms with Gasteiger partial charge in [-0.3, -0.25) is 19.3 Å². The second-order valence-electron chi connectivity index (χ2n) is 9.42. The maximum absolute atomic E-state index is 13.5. The van der Waals surface area contributed by atoms with Crippen LogP contribution in [0.3, 0.4) is 0 Å². The molecule has 2 fully saturated rings. The van der Waals surface area contributed by atoms with E-state index in [4.69, 9.17) is 0 Å². The molecule has 186 valence electrons. The van der Waals surface area contributed by atoms with Gasteiger partial charge in [0.25, 0.3) is 5.91 Å². The van der Waals surface area contributed by atoms with Gasteiger partial charge in [0.15, 0.2) is 5.78 Å². The van der Waals surface area contributed by atoms with Crippen LogP contribution in [0.5, 0.6) is 0 Å². The largest absolute Gasteiger partial charge is 0.295 e. The summed E-state index contributed by atoms with van der Waals surface area (Å²) in [5.41, 5.74) is 4.36. The van der Waals surface area contributed by atoms with Crippen molar-refractivity contribution in [2.45, 2.75) is 52.0 Å². The van der Waals surface area contributed by atoms with Crippen LogP contribution in [0.15, 0.2) is 35.2 Å². The number of imide groups is 1. The van der Waals surface area contributed by atoms with Gasteiger partial charge in [0.2, 0.25) is 15.9 Å². The second kappa shape index (κ2) is 9.29. The number of benzene rings is 2. The fourth-order valence-electron chi connectivity index (χ4n) is 4.97. The predicted octanol–water partition coefficient (Wildman–Crippen LogP) is 2.76. The van der Waals surface area contributed by atoms with Crippen molar-refractivity contribution >= 4 is 33.3 Å². The minimum Gasteiger partial charge on any atom is -0.295 e. The first kappa shape index (κ1) is 25.2. The summed E-state index contributed by atoms with van der Waals surface area (Å²) in [6.45, 7) is 10.2. The SMILES string of the molecule is CC(=O)c1ccc(N2C(=O)C[C@H](N3CCN(S(=O)(=O)c4c(C)c(C)cc(C)c4C)CC3)C2=O)cc1. The molecule has 2 aromatic carbocycles. The number of anilines is 1. The Morgan fingerprint density at radius 2 is 1.43 bits per heavy atom. The van der Waals surface area contributed by atoms with Crippen LogP contribution in [0.25, 0.3) is 0 Å². The topological polar surface area (TPSA) is 95.1 Å². The zero-order chi connectivity index (χ0) is 25.7. The van der Waals surface area contributed by atoms with Gasteiger partial charge in [-0.05, 0) is 81.1 Å². The first-order valence-corrected chi connectivity index (χ1v) is 13.2. The lowest BCUT2D eigenvalue weighted by atomic mass is 10.0. The molecule has 2 heterocycles. The molecule has 0 aliphatic carbocycles. The molecular weight excluding hydrogens is 466 g/mol. The second-order valence-corrected chi connectivity index (χ2v) is 11.3.